The Labute approximate surface area is 131 Å². The summed E-state index contributed by atoms with van der Waals surface area (Å²) >= 11 is 0. The average Bonchev–Trinajstić information content (AvgIpc) is 2.91. The molecule has 7 nitrogen and oxygen atoms in total. The highest BCUT2D eigenvalue weighted by molar-refractivity contribution is 5.85. The molecule has 0 atom stereocenters. The van der Waals surface area contributed by atoms with Gasteiger partial charge in [-0.05, 0) is 12.1 Å². The number of pyridine rings is 1. The molecular weight excluding hydrogens is 298 g/mol. The van der Waals surface area contributed by atoms with Gasteiger partial charge >= 0.3 is 5.97 Å². The van der Waals surface area contributed by atoms with Crippen molar-refractivity contribution in [3.8, 4) is 22.9 Å². The Morgan fingerprint density at radius 3 is 2.57 bits per heavy atom. The molecule has 1 aliphatic rings. The maximum absolute atomic E-state index is 11.3. The van der Waals surface area contributed by atoms with E-state index in [4.69, 9.17) is 9.47 Å². The van der Waals surface area contributed by atoms with Crippen molar-refractivity contribution in [1.29, 1.82) is 0 Å². The summed E-state index contributed by atoms with van der Waals surface area (Å²) in [6.45, 7) is 0.780. The fraction of sp³-hybridized carbons (Fsp3) is 0.188. The third-order valence-corrected chi connectivity index (χ3v) is 3.64. The van der Waals surface area contributed by atoms with E-state index < -0.39 is 5.97 Å². The number of carbonyl (C=O) groups is 1. The zero-order valence-electron chi connectivity index (χ0n) is 12.1. The van der Waals surface area contributed by atoms with Crippen LogP contribution in [-0.2, 0) is 11.3 Å². The first-order valence-corrected chi connectivity index (χ1v) is 7.14. The number of aliphatic carboxylic acids is 1. The number of hydrogen-bond donors (Lipinski definition) is 1. The van der Waals surface area contributed by atoms with Gasteiger partial charge in [0.2, 0.25) is 0 Å². The predicted molar refractivity (Wildman–Crippen MR) is 81.6 cm³/mol. The minimum absolute atomic E-state index is 0.187. The molecule has 1 N–H and O–H groups in total. The maximum Gasteiger partial charge on any atom is 0.323 e. The zero-order chi connectivity index (χ0) is 15.8. The molecule has 4 rings (SSSR count). The summed E-state index contributed by atoms with van der Waals surface area (Å²) in [7, 11) is 0. The first-order valence-electron chi connectivity index (χ1n) is 7.14. The third kappa shape index (κ3) is 2.36. The summed E-state index contributed by atoms with van der Waals surface area (Å²) in [5, 5.41) is 9.24. The van der Waals surface area contributed by atoms with Crippen molar-refractivity contribution in [2.75, 3.05) is 13.2 Å². The second kappa shape index (κ2) is 5.28. The Bertz CT molecular complexity index is 889. The number of aromatic nitrogens is 3. The molecule has 0 saturated carbocycles. The molecule has 0 bridgehead atoms. The summed E-state index contributed by atoms with van der Waals surface area (Å²) in [5.41, 5.74) is 2.17. The Balaban J connectivity index is 1.96. The molecule has 0 radical (unpaired) electrons. The number of hydrogen-bond acceptors (Lipinski definition) is 5. The Morgan fingerprint density at radius 2 is 1.87 bits per heavy atom. The topological polar surface area (TPSA) is 86.5 Å². The van der Waals surface area contributed by atoms with E-state index in [-0.39, 0.29) is 6.54 Å². The van der Waals surface area contributed by atoms with Crippen LogP contribution in [0.2, 0.25) is 0 Å². The summed E-state index contributed by atoms with van der Waals surface area (Å²) in [5.74, 6) is 0.878. The molecule has 7 heteroatoms. The summed E-state index contributed by atoms with van der Waals surface area (Å²) < 4.78 is 12.8. The molecule has 3 aromatic rings. The molecule has 2 aromatic heterocycles. The number of ether oxygens (including phenoxy) is 2. The molecule has 0 spiro atoms. The van der Waals surface area contributed by atoms with Crippen molar-refractivity contribution in [2.24, 2.45) is 0 Å². The molecular formula is C16H13N3O4. The molecule has 0 unspecified atom stereocenters. The van der Waals surface area contributed by atoms with Gasteiger partial charge in [-0.3, -0.25) is 9.78 Å². The van der Waals surface area contributed by atoms with Gasteiger partial charge in [-0.25, -0.2) is 4.98 Å². The number of benzene rings is 1. The number of imidazole rings is 1. The standard InChI is InChI=1S/C16H13N3O4/c20-15(21)9-19-12-8-14-13(22-5-6-23-14)7-11(12)18-16(19)10-1-3-17-4-2-10/h1-4,7-8H,5-6,9H2,(H,20,21). The van der Waals surface area contributed by atoms with Crippen LogP contribution in [0.3, 0.4) is 0 Å². The number of fused-ring (bicyclic) bond motifs is 2. The second-order valence-corrected chi connectivity index (χ2v) is 5.14. The molecule has 3 heterocycles. The third-order valence-electron chi connectivity index (χ3n) is 3.64. The van der Waals surface area contributed by atoms with E-state index >= 15 is 0 Å². The van der Waals surface area contributed by atoms with Crippen molar-refractivity contribution >= 4 is 17.0 Å². The lowest BCUT2D eigenvalue weighted by Gasteiger charge is -2.18. The van der Waals surface area contributed by atoms with Gasteiger partial charge in [-0.1, -0.05) is 0 Å². The van der Waals surface area contributed by atoms with Crippen molar-refractivity contribution in [3.05, 3.63) is 36.7 Å². The average molecular weight is 311 g/mol. The van der Waals surface area contributed by atoms with E-state index in [0.717, 1.165) is 5.56 Å². The second-order valence-electron chi connectivity index (χ2n) is 5.14. The minimum atomic E-state index is -0.936. The SMILES string of the molecule is O=C(O)Cn1c(-c2ccncc2)nc2cc3c(cc21)OCCO3. The number of carboxylic acids is 1. The fourth-order valence-electron chi connectivity index (χ4n) is 2.68. The summed E-state index contributed by atoms with van der Waals surface area (Å²) in [6.07, 6.45) is 3.30. The highest BCUT2D eigenvalue weighted by Gasteiger charge is 2.20. The van der Waals surface area contributed by atoms with E-state index in [1.165, 1.54) is 0 Å². The lowest BCUT2D eigenvalue weighted by atomic mass is 10.2. The van der Waals surface area contributed by atoms with Crippen LogP contribution < -0.4 is 9.47 Å². The van der Waals surface area contributed by atoms with Crippen LogP contribution in [0.4, 0.5) is 0 Å². The molecule has 0 aliphatic carbocycles. The van der Waals surface area contributed by atoms with Gasteiger partial charge in [0, 0.05) is 30.1 Å². The summed E-state index contributed by atoms with van der Waals surface area (Å²) in [6, 6.07) is 7.16. The van der Waals surface area contributed by atoms with Gasteiger partial charge in [0.1, 0.15) is 25.6 Å². The van der Waals surface area contributed by atoms with Crippen LogP contribution in [0.25, 0.3) is 22.4 Å². The molecule has 1 aliphatic heterocycles. The number of rotatable bonds is 3. The van der Waals surface area contributed by atoms with Crippen LogP contribution in [0, 0.1) is 0 Å². The fourth-order valence-corrected chi connectivity index (χ4v) is 2.68. The number of nitrogens with zero attached hydrogens (tertiary/aromatic N) is 3. The van der Waals surface area contributed by atoms with Crippen LogP contribution in [0.1, 0.15) is 0 Å². The van der Waals surface area contributed by atoms with Crippen molar-refractivity contribution in [3.63, 3.8) is 0 Å². The minimum Gasteiger partial charge on any atom is -0.486 e. The van der Waals surface area contributed by atoms with Crippen LogP contribution >= 0.6 is 0 Å². The predicted octanol–water partition coefficient (Wildman–Crippen LogP) is 1.95. The lowest BCUT2D eigenvalue weighted by Crippen LogP contribution is -2.15. The Morgan fingerprint density at radius 1 is 1.17 bits per heavy atom. The van der Waals surface area contributed by atoms with Gasteiger partial charge in [-0.2, -0.15) is 0 Å². The van der Waals surface area contributed by atoms with Crippen molar-refractivity contribution in [2.45, 2.75) is 6.54 Å². The van der Waals surface area contributed by atoms with E-state index in [2.05, 4.69) is 9.97 Å². The smallest absolute Gasteiger partial charge is 0.323 e. The van der Waals surface area contributed by atoms with E-state index in [1.807, 2.05) is 0 Å². The first kappa shape index (κ1) is 13.6. The molecule has 1 aromatic carbocycles. The lowest BCUT2D eigenvalue weighted by molar-refractivity contribution is -0.137. The van der Waals surface area contributed by atoms with Crippen LogP contribution in [-0.4, -0.2) is 38.8 Å². The zero-order valence-corrected chi connectivity index (χ0v) is 12.1. The highest BCUT2D eigenvalue weighted by atomic mass is 16.6. The molecule has 0 saturated heterocycles. The quantitative estimate of drug-likeness (QED) is 0.795. The Kier molecular flexibility index (Phi) is 3.11. The van der Waals surface area contributed by atoms with E-state index in [1.54, 1.807) is 41.2 Å². The van der Waals surface area contributed by atoms with Gasteiger partial charge in [-0.15, -0.1) is 0 Å². The highest BCUT2D eigenvalue weighted by Crippen LogP contribution is 2.36. The van der Waals surface area contributed by atoms with Crippen molar-refractivity contribution in [1.82, 2.24) is 14.5 Å². The number of carboxylic acid groups (broad SMARTS) is 1. The van der Waals surface area contributed by atoms with Gasteiger partial charge < -0.3 is 19.1 Å². The maximum atomic E-state index is 11.3. The van der Waals surface area contributed by atoms with E-state index in [0.29, 0.717) is 41.6 Å². The van der Waals surface area contributed by atoms with Crippen molar-refractivity contribution < 1.29 is 19.4 Å². The molecule has 0 amide bonds. The summed E-state index contributed by atoms with van der Waals surface area (Å²) in [4.78, 5) is 19.8. The van der Waals surface area contributed by atoms with Gasteiger partial charge in [0.25, 0.3) is 0 Å². The largest absolute Gasteiger partial charge is 0.486 e. The molecule has 116 valence electrons. The monoisotopic (exact) mass is 311 g/mol. The molecule has 0 fully saturated rings. The first-order chi connectivity index (χ1) is 11.2. The van der Waals surface area contributed by atoms with Crippen LogP contribution in [0.15, 0.2) is 36.7 Å². The normalized spacial score (nSPS) is 13.2. The Hall–Kier alpha value is -3.09. The molecule has 23 heavy (non-hydrogen) atoms. The van der Waals surface area contributed by atoms with E-state index in [9.17, 15) is 9.90 Å². The van der Waals surface area contributed by atoms with Gasteiger partial charge in [0.05, 0.1) is 11.0 Å². The van der Waals surface area contributed by atoms with Gasteiger partial charge in [0.15, 0.2) is 11.5 Å². The van der Waals surface area contributed by atoms with Crippen LogP contribution in [0.5, 0.6) is 11.5 Å².